The topological polar surface area (TPSA) is 84.7 Å². The fourth-order valence-electron chi connectivity index (χ4n) is 3.35. The number of amides is 2. The summed E-state index contributed by atoms with van der Waals surface area (Å²) >= 11 is 0. The van der Waals surface area contributed by atoms with Crippen molar-refractivity contribution in [2.24, 2.45) is 5.73 Å². The predicted octanol–water partition coefficient (Wildman–Crippen LogP) is 1.95. The number of carbonyl (C=O) groups is 2. The lowest BCUT2D eigenvalue weighted by atomic mass is 9.95. The van der Waals surface area contributed by atoms with Gasteiger partial charge in [0.05, 0.1) is 0 Å². The zero-order valence-corrected chi connectivity index (χ0v) is 16.6. The number of rotatable bonds is 6. The maximum Gasteiger partial charge on any atom is 0.258 e. The first-order chi connectivity index (χ1) is 13.0. The van der Waals surface area contributed by atoms with Crippen LogP contribution in [0.25, 0.3) is 0 Å². The number of likely N-dealkylation sites (tertiary alicyclic amines) is 1. The van der Waals surface area contributed by atoms with E-state index >= 15 is 0 Å². The standard InChI is InChI=1S/C21H25N3O3.ClH/c1-15(23-20(25)14-27-17-10-6-3-7-11-17)21(26)24-12-18(19(22)13-24)16-8-4-2-5-9-16;/h2-11,15,18-19H,12-14,22H2,1H3,(H,23,25);1H/t15?,18-,19+;/m0./s1. The summed E-state index contributed by atoms with van der Waals surface area (Å²) in [7, 11) is 0. The molecule has 3 N–H and O–H groups in total. The van der Waals surface area contributed by atoms with Crippen molar-refractivity contribution in [1.82, 2.24) is 10.2 Å². The van der Waals surface area contributed by atoms with Gasteiger partial charge in [0.1, 0.15) is 11.8 Å². The molecule has 0 bridgehead atoms. The van der Waals surface area contributed by atoms with Crippen molar-refractivity contribution in [2.75, 3.05) is 19.7 Å². The van der Waals surface area contributed by atoms with Crippen LogP contribution in [0.4, 0.5) is 0 Å². The molecule has 3 atom stereocenters. The number of hydrogen-bond donors (Lipinski definition) is 2. The Bertz CT molecular complexity index is 773. The summed E-state index contributed by atoms with van der Waals surface area (Å²) in [6.45, 7) is 2.60. The third-order valence-electron chi connectivity index (χ3n) is 4.77. The number of nitrogens with zero attached hydrogens (tertiary/aromatic N) is 1. The SMILES string of the molecule is CC(NC(=O)COc1ccccc1)C(=O)N1C[C@@H](N)[C@H](c2ccccc2)C1.Cl. The van der Waals surface area contributed by atoms with Gasteiger partial charge in [-0.15, -0.1) is 12.4 Å². The second kappa shape index (κ2) is 10.1. The molecule has 6 nitrogen and oxygen atoms in total. The normalized spacial score (nSPS) is 19.4. The molecular weight excluding hydrogens is 378 g/mol. The van der Waals surface area contributed by atoms with E-state index in [0.717, 1.165) is 5.56 Å². The lowest BCUT2D eigenvalue weighted by Crippen LogP contribution is -2.47. The smallest absolute Gasteiger partial charge is 0.258 e. The number of halogens is 1. The highest BCUT2D eigenvalue weighted by molar-refractivity contribution is 5.88. The second-order valence-corrected chi connectivity index (χ2v) is 6.82. The van der Waals surface area contributed by atoms with Crippen LogP contribution in [0.1, 0.15) is 18.4 Å². The van der Waals surface area contributed by atoms with E-state index in [2.05, 4.69) is 5.32 Å². The molecule has 2 amide bonds. The van der Waals surface area contributed by atoms with E-state index in [1.165, 1.54) is 0 Å². The number of nitrogens with two attached hydrogens (primary N) is 1. The van der Waals surface area contributed by atoms with Crippen LogP contribution in [0.5, 0.6) is 5.75 Å². The average Bonchev–Trinajstić information content (AvgIpc) is 3.09. The third kappa shape index (κ3) is 5.47. The second-order valence-electron chi connectivity index (χ2n) is 6.82. The fraction of sp³-hybridized carbons (Fsp3) is 0.333. The van der Waals surface area contributed by atoms with Gasteiger partial charge in [0.2, 0.25) is 5.91 Å². The van der Waals surface area contributed by atoms with Crippen LogP contribution in [0, 0.1) is 0 Å². The first-order valence-corrected chi connectivity index (χ1v) is 9.11. The molecule has 1 aliphatic heterocycles. The van der Waals surface area contributed by atoms with E-state index in [1.807, 2.05) is 48.5 Å². The molecule has 0 aliphatic carbocycles. The van der Waals surface area contributed by atoms with E-state index < -0.39 is 6.04 Å². The van der Waals surface area contributed by atoms with Gasteiger partial charge in [-0.1, -0.05) is 48.5 Å². The monoisotopic (exact) mass is 403 g/mol. The number of carbonyl (C=O) groups excluding carboxylic acids is 2. The molecule has 1 aliphatic rings. The van der Waals surface area contributed by atoms with Crippen LogP contribution >= 0.6 is 12.4 Å². The molecule has 1 fully saturated rings. The Kier molecular flexibility index (Phi) is 7.84. The van der Waals surface area contributed by atoms with Crippen LogP contribution < -0.4 is 15.8 Å². The van der Waals surface area contributed by atoms with Gasteiger partial charge >= 0.3 is 0 Å². The molecule has 1 heterocycles. The first kappa shape index (κ1) is 21.7. The van der Waals surface area contributed by atoms with Crippen molar-refractivity contribution in [2.45, 2.75) is 24.9 Å². The molecule has 150 valence electrons. The van der Waals surface area contributed by atoms with Gasteiger partial charge in [0.15, 0.2) is 6.61 Å². The maximum atomic E-state index is 12.7. The molecule has 2 aromatic carbocycles. The zero-order chi connectivity index (χ0) is 19.2. The van der Waals surface area contributed by atoms with Crippen LogP contribution in [-0.4, -0.2) is 48.5 Å². The largest absolute Gasteiger partial charge is 0.484 e. The minimum atomic E-state index is -0.626. The lowest BCUT2D eigenvalue weighted by Gasteiger charge is -2.22. The van der Waals surface area contributed by atoms with Gasteiger partial charge in [-0.05, 0) is 24.6 Å². The Hall–Kier alpha value is -2.57. The summed E-state index contributed by atoms with van der Waals surface area (Å²) in [5.74, 6) is 0.266. The van der Waals surface area contributed by atoms with Gasteiger partial charge in [-0.3, -0.25) is 9.59 Å². The number of nitrogens with one attached hydrogen (secondary N) is 1. The Labute approximate surface area is 171 Å². The molecule has 0 radical (unpaired) electrons. The van der Waals surface area contributed by atoms with E-state index in [1.54, 1.807) is 24.0 Å². The number of benzene rings is 2. The van der Waals surface area contributed by atoms with Gasteiger partial charge in [0, 0.05) is 25.0 Å². The highest BCUT2D eigenvalue weighted by atomic mass is 35.5. The van der Waals surface area contributed by atoms with E-state index in [-0.39, 0.29) is 42.8 Å². The van der Waals surface area contributed by atoms with E-state index in [0.29, 0.717) is 18.8 Å². The molecular formula is C21H26ClN3O3. The summed E-state index contributed by atoms with van der Waals surface area (Å²) in [5.41, 5.74) is 7.38. The van der Waals surface area contributed by atoms with E-state index in [4.69, 9.17) is 10.5 Å². The Balaban J connectivity index is 0.00000280. The highest BCUT2D eigenvalue weighted by Gasteiger charge is 2.35. The molecule has 0 spiro atoms. The summed E-state index contributed by atoms with van der Waals surface area (Å²) in [5, 5.41) is 2.70. The van der Waals surface area contributed by atoms with Gasteiger partial charge in [-0.2, -0.15) is 0 Å². The molecule has 28 heavy (non-hydrogen) atoms. The fourth-order valence-corrected chi connectivity index (χ4v) is 3.35. The molecule has 1 unspecified atom stereocenters. The van der Waals surface area contributed by atoms with Crippen LogP contribution in [0.3, 0.4) is 0 Å². The van der Waals surface area contributed by atoms with Crippen LogP contribution in [0.15, 0.2) is 60.7 Å². The minimum absolute atomic E-state index is 0. The van der Waals surface area contributed by atoms with Crippen molar-refractivity contribution < 1.29 is 14.3 Å². The first-order valence-electron chi connectivity index (χ1n) is 9.11. The van der Waals surface area contributed by atoms with Crippen LogP contribution in [-0.2, 0) is 9.59 Å². The van der Waals surface area contributed by atoms with Crippen molar-refractivity contribution in [3.63, 3.8) is 0 Å². The number of hydrogen-bond acceptors (Lipinski definition) is 4. The predicted molar refractivity (Wildman–Crippen MR) is 111 cm³/mol. The summed E-state index contributed by atoms with van der Waals surface area (Å²) in [6, 6.07) is 18.3. The molecule has 3 rings (SSSR count). The maximum absolute atomic E-state index is 12.7. The average molecular weight is 404 g/mol. The molecule has 2 aromatic rings. The Morgan fingerprint density at radius 2 is 1.71 bits per heavy atom. The van der Waals surface area contributed by atoms with Crippen molar-refractivity contribution in [3.8, 4) is 5.75 Å². The number of para-hydroxylation sites is 1. The van der Waals surface area contributed by atoms with Crippen molar-refractivity contribution >= 4 is 24.2 Å². The lowest BCUT2D eigenvalue weighted by molar-refractivity contribution is -0.135. The van der Waals surface area contributed by atoms with E-state index in [9.17, 15) is 9.59 Å². The zero-order valence-electron chi connectivity index (χ0n) is 15.8. The van der Waals surface area contributed by atoms with Gasteiger partial charge in [0.25, 0.3) is 5.91 Å². The Morgan fingerprint density at radius 3 is 2.36 bits per heavy atom. The summed E-state index contributed by atoms with van der Waals surface area (Å²) in [6.07, 6.45) is 0. The van der Waals surface area contributed by atoms with Gasteiger partial charge < -0.3 is 20.7 Å². The van der Waals surface area contributed by atoms with Crippen molar-refractivity contribution in [3.05, 3.63) is 66.2 Å². The third-order valence-corrected chi connectivity index (χ3v) is 4.77. The number of ether oxygens (including phenoxy) is 1. The molecule has 0 aromatic heterocycles. The summed E-state index contributed by atoms with van der Waals surface area (Å²) in [4.78, 5) is 26.5. The van der Waals surface area contributed by atoms with Gasteiger partial charge in [-0.25, -0.2) is 0 Å². The quantitative estimate of drug-likeness (QED) is 0.772. The molecule has 1 saturated heterocycles. The van der Waals surface area contributed by atoms with Crippen molar-refractivity contribution in [1.29, 1.82) is 0 Å². The molecule has 7 heteroatoms. The Morgan fingerprint density at radius 1 is 1.11 bits per heavy atom. The molecule has 0 saturated carbocycles. The van der Waals surface area contributed by atoms with Crippen LogP contribution in [0.2, 0.25) is 0 Å². The highest BCUT2D eigenvalue weighted by Crippen LogP contribution is 2.26. The summed E-state index contributed by atoms with van der Waals surface area (Å²) < 4.78 is 5.41. The minimum Gasteiger partial charge on any atom is -0.484 e.